The van der Waals surface area contributed by atoms with E-state index >= 15 is 0 Å². The smallest absolute Gasteiger partial charge is 0.231 e. The topological polar surface area (TPSA) is 36.9 Å². The van der Waals surface area contributed by atoms with Crippen molar-refractivity contribution in [2.75, 3.05) is 13.4 Å². The third-order valence-electron chi connectivity index (χ3n) is 3.51. The summed E-state index contributed by atoms with van der Waals surface area (Å²) in [4.78, 5) is 0. The van der Waals surface area contributed by atoms with E-state index in [1.54, 1.807) is 0 Å². The first-order chi connectivity index (χ1) is 9.33. The van der Waals surface area contributed by atoms with Gasteiger partial charge in [-0.1, -0.05) is 6.07 Å². The molecule has 0 radical (unpaired) electrons. The largest absolute Gasteiger partial charge is 0.459 e. The minimum atomic E-state index is -0.512. The fraction of sp³-hybridized carbons (Fsp3) is 0.333. The third-order valence-corrected chi connectivity index (χ3v) is 3.51. The summed E-state index contributed by atoms with van der Waals surface area (Å²) in [6.07, 6.45) is 7.91. The zero-order chi connectivity index (χ0) is 12.7. The Kier molecular flexibility index (Phi) is 2.32. The van der Waals surface area contributed by atoms with Gasteiger partial charge in [-0.15, -0.1) is 0 Å². The molecular weight excluding hydrogens is 244 g/mol. The summed E-state index contributed by atoms with van der Waals surface area (Å²) in [6.45, 7) is 1.06. The summed E-state index contributed by atoms with van der Waals surface area (Å²) in [6, 6.07) is 5.85. The van der Waals surface area contributed by atoms with Crippen molar-refractivity contribution >= 4 is 6.08 Å². The van der Waals surface area contributed by atoms with Crippen LogP contribution in [0.15, 0.2) is 36.1 Å². The molecule has 0 amide bonds. The Balaban J connectivity index is 1.58. The molecule has 3 heterocycles. The maximum atomic E-state index is 5.89. The van der Waals surface area contributed by atoms with Crippen LogP contribution in [-0.2, 0) is 9.47 Å². The third kappa shape index (κ3) is 1.88. The van der Waals surface area contributed by atoms with E-state index in [0.717, 1.165) is 42.3 Å². The average molecular weight is 258 g/mol. The molecular formula is C15H14O4. The van der Waals surface area contributed by atoms with E-state index in [2.05, 4.69) is 0 Å². The minimum Gasteiger partial charge on any atom is -0.459 e. The molecule has 1 fully saturated rings. The zero-order valence-electron chi connectivity index (χ0n) is 10.4. The van der Waals surface area contributed by atoms with Crippen LogP contribution in [0.5, 0.6) is 11.5 Å². The van der Waals surface area contributed by atoms with Gasteiger partial charge in [-0.25, -0.2) is 0 Å². The Morgan fingerprint density at radius 1 is 1.16 bits per heavy atom. The van der Waals surface area contributed by atoms with Crippen LogP contribution in [0.4, 0.5) is 0 Å². The number of rotatable bonds is 1. The van der Waals surface area contributed by atoms with Crippen LogP contribution < -0.4 is 9.47 Å². The molecule has 19 heavy (non-hydrogen) atoms. The predicted molar refractivity (Wildman–Crippen MR) is 68.7 cm³/mol. The van der Waals surface area contributed by atoms with Crippen LogP contribution in [0.1, 0.15) is 18.4 Å². The molecule has 0 saturated carbocycles. The highest BCUT2D eigenvalue weighted by Crippen LogP contribution is 2.37. The molecule has 1 aromatic rings. The van der Waals surface area contributed by atoms with Crippen molar-refractivity contribution in [1.29, 1.82) is 0 Å². The first-order valence-corrected chi connectivity index (χ1v) is 6.47. The second-order valence-electron chi connectivity index (χ2n) is 4.86. The lowest BCUT2D eigenvalue weighted by atomic mass is 10.2. The van der Waals surface area contributed by atoms with E-state index in [1.165, 1.54) is 0 Å². The second-order valence-corrected chi connectivity index (χ2v) is 4.86. The summed E-state index contributed by atoms with van der Waals surface area (Å²) in [5.41, 5.74) is 1.03. The van der Waals surface area contributed by atoms with Gasteiger partial charge < -0.3 is 18.9 Å². The summed E-state index contributed by atoms with van der Waals surface area (Å²) in [5.74, 6) is 1.88. The fourth-order valence-corrected chi connectivity index (χ4v) is 2.57. The molecule has 1 atom stereocenters. The van der Waals surface area contributed by atoms with Crippen molar-refractivity contribution in [3.63, 3.8) is 0 Å². The quantitative estimate of drug-likeness (QED) is 0.776. The number of benzene rings is 1. The molecule has 0 aromatic heterocycles. The zero-order valence-corrected chi connectivity index (χ0v) is 10.4. The van der Waals surface area contributed by atoms with Crippen LogP contribution in [0.2, 0.25) is 0 Å². The first kappa shape index (κ1) is 10.9. The van der Waals surface area contributed by atoms with E-state index in [1.807, 2.05) is 36.4 Å². The van der Waals surface area contributed by atoms with Gasteiger partial charge in [0.05, 0.1) is 6.61 Å². The van der Waals surface area contributed by atoms with Crippen LogP contribution in [0.25, 0.3) is 6.08 Å². The Morgan fingerprint density at radius 3 is 3.00 bits per heavy atom. The van der Waals surface area contributed by atoms with Crippen LogP contribution in [-0.4, -0.2) is 19.2 Å². The Labute approximate surface area is 111 Å². The number of allylic oxidation sites excluding steroid dienone is 1. The highest BCUT2D eigenvalue weighted by molar-refractivity contribution is 5.60. The standard InChI is InChI=1S/C15H14O4/c1-5-15(18-7-1)6-4-12(19-15)8-11-2-3-13-14(9-11)17-10-16-13/h2-4,6,8-9H,1,5,7,10H2/b12-8-. The van der Waals surface area contributed by atoms with Gasteiger partial charge in [-0.2, -0.15) is 0 Å². The molecule has 4 heteroatoms. The molecule has 0 bridgehead atoms. The molecule has 98 valence electrons. The highest BCUT2D eigenvalue weighted by Gasteiger charge is 2.38. The molecule has 1 spiro atoms. The highest BCUT2D eigenvalue weighted by atomic mass is 16.7. The van der Waals surface area contributed by atoms with Crippen LogP contribution in [0.3, 0.4) is 0 Å². The molecule has 1 unspecified atom stereocenters. The molecule has 4 rings (SSSR count). The lowest BCUT2D eigenvalue weighted by Gasteiger charge is -2.20. The van der Waals surface area contributed by atoms with E-state index in [9.17, 15) is 0 Å². The van der Waals surface area contributed by atoms with E-state index in [4.69, 9.17) is 18.9 Å². The first-order valence-electron chi connectivity index (χ1n) is 6.47. The monoisotopic (exact) mass is 258 g/mol. The van der Waals surface area contributed by atoms with Gasteiger partial charge in [0.1, 0.15) is 5.76 Å². The van der Waals surface area contributed by atoms with Gasteiger partial charge in [-0.3, -0.25) is 0 Å². The maximum Gasteiger partial charge on any atom is 0.231 e. The van der Waals surface area contributed by atoms with Crippen molar-refractivity contribution < 1.29 is 18.9 Å². The van der Waals surface area contributed by atoms with Crippen molar-refractivity contribution in [3.05, 3.63) is 41.7 Å². The summed E-state index contributed by atoms with van der Waals surface area (Å²) < 4.78 is 22.2. The van der Waals surface area contributed by atoms with Crippen LogP contribution >= 0.6 is 0 Å². The minimum absolute atomic E-state index is 0.294. The Bertz CT molecular complexity index is 568. The summed E-state index contributed by atoms with van der Waals surface area (Å²) in [7, 11) is 0. The molecule has 3 aliphatic rings. The molecule has 3 aliphatic heterocycles. The van der Waals surface area contributed by atoms with Crippen molar-refractivity contribution in [2.24, 2.45) is 0 Å². The van der Waals surface area contributed by atoms with Gasteiger partial charge in [0.15, 0.2) is 11.5 Å². The van der Waals surface area contributed by atoms with Gasteiger partial charge in [0, 0.05) is 6.42 Å². The number of fused-ring (bicyclic) bond motifs is 1. The van der Waals surface area contributed by atoms with E-state index in [0.29, 0.717) is 6.79 Å². The maximum absolute atomic E-state index is 5.89. The van der Waals surface area contributed by atoms with Gasteiger partial charge >= 0.3 is 0 Å². The Hall–Kier alpha value is -1.94. The SMILES string of the molecule is C1=CC2(CCCO2)O/C1=C\c1ccc2c(c1)OCO2. The van der Waals surface area contributed by atoms with Crippen molar-refractivity contribution in [2.45, 2.75) is 18.6 Å². The van der Waals surface area contributed by atoms with Crippen molar-refractivity contribution in [1.82, 2.24) is 0 Å². The lowest BCUT2D eigenvalue weighted by molar-refractivity contribution is -0.135. The van der Waals surface area contributed by atoms with Gasteiger partial charge in [0.25, 0.3) is 0 Å². The predicted octanol–water partition coefficient (Wildman–Crippen LogP) is 2.85. The number of ether oxygens (including phenoxy) is 4. The normalized spacial score (nSPS) is 29.4. The van der Waals surface area contributed by atoms with Gasteiger partial charge in [-0.05, 0) is 42.3 Å². The van der Waals surface area contributed by atoms with E-state index in [-0.39, 0.29) is 0 Å². The number of hydrogen-bond acceptors (Lipinski definition) is 4. The molecule has 4 nitrogen and oxygen atoms in total. The van der Waals surface area contributed by atoms with Crippen LogP contribution in [0, 0.1) is 0 Å². The molecule has 0 aliphatic carbocycles. The number of hydrogen-bond donors (Lipinski definition) is 0. The fourth-order valence-electron chi connectivity index (χ4n) is 2.57. The van der Waals surface area contributed by atoms with Gasteiger partial charge in [0.2, 0.25) is 12.6 Å². The second kappa shape index (κ2) is 4.03. The Morgan fingerprint density at radius 2 is 2.11 bits per heavy atom. The molecule has 1 saturated heterocycles. The summed E-state index contributed by atoms with van der Waals surface area (Å²) >= 11 is 0. The molecule has 1 aromatic carbocycles. The molecule has 0 N–H and O–H groups in total. The average Bonchev–Trinajstić information content (AvgIpc) is 3.12. The summed E-state index contributed by atoms with van der Waals surface area (Å²) in [5, 5.41) is 0. The lowest BCUT2D eigenvalue weighted by Crippen LogP contribution is -2.24. The van der Waals surface area contributed by atoms with Crippen molar-refractivity contribution in [3.8, 4) is 11.5 Å². The van der Waals surface area contributed by atoms with E-state index < -0.39 is 5.79 Å².